The summed E-state index contributed by atoms with van der Waals surface area (Å²) >= 11 is 0. The summed E-state index contributed by atoms with van der Waals surface area (Å²) in [6.07, 6.45) is 0.157. The molecule has 0 aliphatic carbocycles. The van der Waals surface area contributed by atoms with E-state index in [0.717, 1.165) is 5.56 Å². The van der Waals surface area contributed by atoms with Gasteiger partial charge in [-0.1, -0.05) is 12.1 Å². The van der Waals surface area contributed by atoms with E-state index in [0.29, 0.717) is 6.61 Å². The van der Waals surface area contributed by atoms with Gasteiger partial charge in [-0.25, -0.2) is 4.39 Å². The van der Waals surface area contributed by atoms with Crippen LogP contribution in [-0.2, 0) is 20.7 Å². The Morgan fingerprint density at radius 1 is 1.27 bits per heavy atom. The fraction of sp³-hybridized carbons (Fsp3) is 0.364. The van der Waals surface area contributed by atoms with Crippen molar-refractivity contribution in [3.05, 3.63) is 35.6 Å². The number of hydrogen-bond acceptors (Lipinski definition) is 3. The molecule has 0 fully saturated rings. The van der Waals surface area contributed by atoms with Gasteiger partial charge in [0.1, 0.15) is 12.4 Å². The van der Waals surface area contributed by atoms with Gasteiger partial charge in [-0.2, -0.15) is 0 Å². The Morgan fingerprint density at radius 2 is 1.93 bits per heavy atom. The van der Waals surface area contributed by atoms with E-state index < -0.39 is 0 Å². The van der Waals surface area contributed by atoms with E-state index in [9.17, 15) is 9.18 Å². The van der Waals surface area contributed by atoms with Crippen LogP contribution < -0.4 is 0 Å². The first-order valence-corrected chi connectivity index (χ1v) is 4.61. The number of methoxy groups -OCH3 is 1. The monoisotopic (exact) mass is 212 g/mol. The molecule has 0 saturated carbocycles. The average molecular weight is 212 g/mol. The van der Waals surface area contributed by atoms with Gasteiger partial charge in [-0.15, -0.1) is 0 Å². The molecule has 15 heavy (non-hydrogen) atoms. The summed E-state index contributed by atoms with van der Waals surface area (Å²) in [6.45, 7) is 0.631. The Balaban J connectivity index is 2.34. The number of hydrogen-bond donors (Lipinski definition) is 0. The molecule has 0 N–H and O–H groups in total. The molecule has 0 radical (unpaired) electrons. The lowest BCUT2D eigenvalue weighted by Gasteiger charge is -2.03. The molecule has 0 aliphatic heterocycles. The van der Waals surface area contributed by atoms with E-state index in [4.69, 9.17) is 9.47 Å². The molecule has 0 saturated heterocycles. The molecule has 82 valence electrons. The highest BCUT2D eigenvalue weighted by Crippen LogP contribution is 2.04. The third-order valence-electron chi connectivity index (χ3n) is 1.81. The first-order chi connectivity index (χ1) is 7.22. The van der Waals surface area contributed by atoms with Crippen molar-refractivity contribution >= 4 is 5.97 Å². The highest BCUT2D eigenvalue weighted by Gasteiger charge is 2.04. The minimum Gasteiger partial charge on any atom is -0.463 e. The molecule has 0 aromatic heterocycles. The summed E-state index contributed by atoms with van der Waals surface area (Å²) in [5, 5.41) is 0. The number of esters is 1. The minimum atomic E-state index is -0.335. The molecule has 0 amide bonds. The van der Waals surface area contributed by atoms with Gasteiger partial charge < -0.3 is 9.47 Å². The van der Waals surface area contributed by atoms with E-state index in [1.165, 1.54) is 19.2 Å². The zero-order valence-electron chi connectivity index (χ0n) is 8.53. The highest BCUT2D eigenvalue weighted by atomic mass is 19.1. The second kappa shape index (κ2) is 6.14. The number of halogens is 1. The highest BCUT2D eigenvalue weighted by molar-refractivity contribution is 5.72. The molecule has 0 atom stereocenters. The molecule has 0 bridgehead atoms. The number of ether oxygens (including phenoxy) is 2. The van der Waals surface area contributed by atoms with Crippen LogP contribution in [0.1, 0.15) is 5.56 Å². The maximum atomic E-state index is 12.5. The number of rotatable bonds is 5. The molecule has 0 heterocycles. The molecular formula is C11H13FO3. The van der Waals surface area contributed by atoms with Crippen molar-refractivity contribution in [1.29, 1.82) is 0 Å². The molecule has 4 heteroatoms. The largest absolute Gasteiger partial charge is 0.463 e. The molecular weight excluding hydrogens is 199 g/mol. The van der Waals surface area contributed by atoms with E-state index >= 15 is 0 Å². The van der Waals surface area contributed by atoms with Crippen molar-refractivity contribution in [2.75, 3.05) is 20.3 Å². The molecule has 3 nitrogen and oxygen atoms in total. The average Bonchev–Trinajstić information content (AvgIpc) is 2.22. The van der Waals surface area contributed by atoms with Gasteiger partial charge in [0, 0.05) is 7.11 Å². The zero-order valence-corrected chi connectivity index (χ0v) is 8.53. The Hall–Kier alpha value is -1.42. The summed E-state index contributed by atoms with van der Waals surface area (Å²) < 4.78 is 22.1. The lowest BCUT2D eigenvalue weighted by Crippen LogP contribution is -2.11. The summed E-state index contributed by atoms with van der Waals surface area (Å²) in [6, 6.07) is 5.76. The first-order valence-electron chi connectivity index (χ1n) is 4.61. The van der Waals surface area contributed by atoms with Crippen molar-refractivity contribution in [1.82, 2.24) is 0 Å². The molecule has 1 rings (SSSR count). The molecule has 1 aromatic carbocycles. The molecule has 0 unspecified atom stereocenters. The number of carbonyl (C=O) groups is 1. The van der Waals surface area contributed by atoms with Crippen LogP contribution >= 0.6 is 0 Å². The van der Waals surface area contributed by atoms with Crippen LogP contribution in [0.5, 0.6) is 0 Å². The van der Waals surface area contributed by atoms with Gasteiger partial charge in [0.25, 0.3) is 0 Å². The molecule has 1 aromatic rings. The van der Waals surface area contributed by atoms with Gasteiger partial charge in [0.05, 0.1) is 13.0 Å². The van der Waals surface area contributed by atoms with Crippen LogP contribution in [0.15, 0.2) is 24.3 Å². The Bertz CT molecular complexity index is 308. The van der Waals surface area contributed by atoms with Crippen LogP contribution in [0.4, 0.5) is 4.39 Å². The minimum absolute atomic E-state index is 0.157. The maximum Gasteiger partial charge on any atom is 0.310 e. The maximum absolute atomic E-state index is 12.5. The first kappa shape index (κ1) is 11.7. The second-order valence-corrected chi connectivity index (χ2v) is 3.02. The topological polar surface area (TPSA) is 35.5 Å². The Kier molecular flexibility index (Phi) is 4.77. The predicted molar refractivity (Wildman–Crippen MR) is 52.9 cm³/mol. The van der Waals surface area contributed by atoms with Crippen LogP contribution in [-0.4, -0.2) is 26.3 Å². The van der Waals surface area contributed by atoms with Gasteiger partial charge in [-0.05, 0) is 17.7 Å². The van der Waals surface area contributed by atoms with Gasteiger partial charge >= 0.3 is 5.97 Å². The van der Waals surface area contributed by atoms with Gasteiger partial charge in [0.15, 0.2) is 0 Å². The lowest BCUT2D eigenvalue weighted by molar-refractivity contribution is -0.144. The smallest absolute Gasteiger partial charge is 0.310 e. The van der Waals surface area contributed by atoms with Crippen molar-refractivity contribution in [3.8, 4) is 0 Å². The summed E-state index contributed by atoms with van der Waals surface area (Å²) in [4.78, 5) is 11.2. The van der Waals surface area contributed by atoms with E-state index in [1.54, 1.807) is 12.1 Å². The SMILES string of the molecule is COCCOC(=O)Cc1ccc(F)cc1. The van der Waals surface area contributed by atoms with Gasteiger partial charge in [-0.3, -0.25) is 4.79 Å². The second-order valence-electron chi connectivity index (χ2n) is 3.02. The Morgan fingerprint density at radius 3 is 2.53 bits per heavy atom. The van der Waals surface area contributed by atoms with Gasteiger partial charge in [0.2, 0.25) is 0 Å². The van der Waals surface area contributed by atoms with Crippen molar-refractivity contribution in [2.45, 2.75) is 6.42 Å². The van der Waals surface area contributed by atoms with Crippen LogP contribution in [0.3, 0.4) is 0 Å². The summed E-state index contributed by atoms with van der Waals surface area (Å²) in [5.41, 5.74) is 0.735. The Labute approximate surface area is 87.8 Å². The van der Waals surface area contributed by atoms with E-state index in [-0.39, 0.29) is 24.8 Å². The standard InChI is InChI=1S/C11H13FO3/c1-14-6-7-15-11(13)8-9-2-4-10(12)5-3-9/h2-5H,6-8H2,1H3. The number of carbonyl (C=O) groups excluding carboxylic acids is 1. The fourth-order valence-corrected chi connectivity index (χ4v) is 1.06. The van der Waals surface area contributed by atoms with Crippen LogP contribution in [0, 0.1) is 5.82 Å². The third-order valence-corrected chi connectivity index (χ3v) is 1.81. The normalized spacial score (nSPS) is 10.0. The zero-order chi connectivity index (χ0) is 11.1. The lowest BCUT2D eigenvalue weighted by atomic mass is 10.1. The summed E-state index contributed by atoms with van der Waals surface area (Å²) in [5.74, 6) is -0.648. The third kappa shape index (κ3) is 4.56. The summed E-state index contributed by atoms with van der Waals surface area (Å²) in [7, 11) is 1.54. The van der Waals surface area contributed by atoms with Crippen molar-refractivity contribution < 1.29 is 18.7 Å². The quantitative estimate of drug-likeness (QED) is 0.549. The molecule has 0 spiro atoms. The fourth-order valence-electron chi connectivity index (χ4n) is 1.06. The predicted octanol–water partition coefficient (Wildman–Crippen LogP) is 1.56. The number of benzene rings is 1. The van der Waals surface area contributed by atoms with Crippen LogP contribution in [0.25, 0.3) is 0 Å². The van der Waals surface area contributed by atoms with Crippen molar-refractivity contribution in [2.24, 2.45) is 0 Å². The van der Waals surface area contributed by atoms with Crippen LogP contribution in [0.2, 0.25) is 0 Å². The van der Waals surface area contributed by atoms with E-state index in [2.05, 4.69) is 0 Å². The van der Waals surface area contributed by atoms with Crippen molar-refractivity contribution in [3.63, 3.8) is 0 Å². The van der Waals surface area contributed by atoms with E-state index in [1.807, 2.05) is 0 Å². The molecule has 0 aliphatic rings.